The highest BCUT2D eigenvalue weighted by molar-refractivity contribution is 4.79. The number of alkyl halides is 6. The number of hydrogen-bond acceptors (Lipinski definition) is 2. The predicted octanol–water partition coefficient (Wildman–Crippen LogP) is 1.84. The molecule has 0 radical (unpaired) electrons. The first-order valence-corrected chi connectivity index (χ1v) is 3.51. The quantitative estimate of drug-likeness (QED) is 0.744. The van der Waals surface area contributed by atoms with Gasteiger partial charge < -0.3 is 10.5 Å². The third kappa shape index (κ3) is 4.14. The van der Waals surface area contributed by atoms with Crippen LogP contribution in [0.25, 0.3) is 0 Å². The Morgan fingerprint density at radius 2 is 1.50 bits per heavy atom. The fraction of sp³-hybridized carbons (Fsp3) is 1.00. The first kappa shape index (κ1) is 13.5. The van der Waals surface area contributed by atoms with Gasteiger partial charge in [-0.05, 0) is 0 Å². The summed E-state index contributed by atoms with van der Waals surface area (Å²) in [6.45, 7) is 0. The molecule has 0 aliphatic rings. The first-order valence-electron chi connectivity index (χ1n) is 3.51. The summed E-state index contributed by atoms with van der Waals surface area (Å²) in [7, 11) is 0.682. The van der Waals surface area contributed by atoms with Crippen molar-refractivity contribution in [3.8, 4) is 0 Å². The van der Waals surface area contributed by atoms with Gasteiger partial charge in [-0.25, -0.2) is 0 Å². The third-order valence-corrected chi connectivity index (χ3v) is 1.54. The largest absolute Gasteiger partial charge is 0.414 e. The second kappa shape index (κ2) is 4.35. The molecule has 86 valence electrons. The van der Waals surface area contributed by atoms with Crippen molar-refractivity contribution < 1.29 is 31.1 Å². The highest BCUT2D eigenvalue weighted by atomic mass is 19.4. The summed E-state index contributed by atoms with van der Waals surface area (Å²) in [5.41, 5.74) is 4.52. The summed E-state index contributed by atoms with van der Waals surface area (Å²) in [6.07, 6.45) is -13.5. The van der Waals surface area contributed by atoms with E-state index >= 15 is 0 Å². The number of hydrogen-bond donors (Lipinski definition) is 1. The lowest BCUT2D eigenvalue weighted by molar-refractivity contribution is -0.226. The second-order valence-corrected chi connectivity index (χ2v) is 2.65. The molecular weight excluding hydrogens is 216 g/mol. The van der Waals surface area contributed by atoms with E-state index in [4.69, 9.17) is 0 Å². The van der Waals surface area contributed by atoms with Crippen LogP contribution in [0.5, 0.6) is 0 Å². The Morgan fingerprint density at radius 3 is 1.71 bits per heavy atom. The minimum atomic E-state index is -4.85. The Balaban J connectivity index is 4.34. The van der Waals surface area contributed by atoms with Crippen LogP contribution < -0.4 is 5.73 Å². The van der Waals surface area contributed by atoms with Crippen molar-refractivity contribution in [3.05, 3.63) is 0 Å². The molecule has 2 atom stereocenters. The molecule has 0 amide bonds. The molecule has 2 N–H and O–H groups in total. The fourth-order valence-electron chi connectivity index (χ4n) is 0.728. The highest BCUT2D eigenvalue weighted by Crippen LogP contribution is 2.29. The topological polar surface area (TPSA) is 35.2 Å². The van der Waals surface area contributed by atoms with Crippen LogP contribution in [0.3, 0.4) is 0 Å². The molecule has 0 aromatic heterocycles. The zero-order valence-electron chi connectivity index (χ0n) is 7.12. The van der Waals surface area contributed by atoms with Crippen LogP contribution in [-0.4, -0.2) is 31.6 Å². The monoisotopic (exact) mass is 225 g/mol. The van der Waals surface area contributed by atoms with E-state index in [2.05, 4.69) is 10.5 Å². The minimum absolute atomic E-state index is 0.682. The molecule has 0 saturated carbocycles. The van der Waals surface area contributed by atoms with Gasteiger partial charge in [-0.2, -0.15) is 26.3 Å². The first-order chi connectivity index (χ1) is 6.09. The van der Waals surface area contributed by atoms with Crippen LogP contribution in [0, 0.1) is 0 Å². The Hall–Kier alpha value is -0.500. The van der Waals surface area contributed by atoms with Crippen LogP contribution in [0.15, 0.2) is 0 Å². The van der Waals surface area contributed by atoms with Crippen molar-refractivity contribution in [2.45, 2.75) is 30.9 Å². The standard InChI is InChI=1S/C6H9F6NO/c1-14-4(6(10,11)12)2-3(13)5(7,8)9/h3-4H,2,13H2,1H3/t3-,4?/m0/s1. The maximum Gasteiger partial charge on any atom is 0.414 e. The predicted molar refractivity (Wildman–Crippen MR) is 35.5 cm³/mol. The van der Waals surface area contributed by atoms with Gasteiger partial charge in [0.1, 0.15) is 6.04 Å². The van der Waals surface area contributed by atoms with Crippen molar-refractivity contribution in [3.63, 3.8) is 0 Å². The van der Waals surface area contributed by atoms with Crippen molar-refractivity contribution in [2.75, 3.05) is 7.11 Å². The van der Waals surface area contributed by atoms with Gasteiger partial charge in [0, 0.05) is 13.5 Å². The Kier molecular flexibility index (Phi) is 4.19. The van der Waals surface area contributed by atoms with Gasteiger partial charge in [-0.15, -0.1) is 0 Å². The SMILES string of the molecule is COC(C[C@H](N)C(F)(F)F)C(F)(F)F. The lowest BCUT2D eigenvalue weighted by atomic mass is 10.1. The van der Waals surface area contributed by atoms with Crippen molar-refractivity contribution in [1.29, 1.82) is 0 Å². The van der Waals surface area contributed by atoms with Gasteiger partial charge >= 0.3 is 12.4 Å². The summed E-state index contributed by atoms with van der Waals surface area (Å²) in [4.78, 5) is 0. The summed E-state index contributed by atoms with van der Waals surface area (Å²) in [5, 5.41) is 0. The van der Waals surface area contributed by atoms with Gasteiger partial charge in [0.25, 0.3) is 0 Å². The van der Waals surface area contributed by atoms with E-state index in [1.807, 2.05) is 0 Å². The number of methoxy groups -OCH3 is 1. The average Bonchev–Trinajstić information content (AvgIpc) is 1.95. The molecule has 8 heteroatoms. The van der Waals surface area contributed by atoms with Crippen LogP contribution in [-0.2, 0) is 4.74 Å². The molecular formula is C6H9F6NO. The van der Waals surface area contributed by atoms with E-state index in [-0.39, 0.29) is 0 Å². The van der Waals surface area contributed by atoms with E-state index in [1.54, 1.807) is 0 Å². The molecule has 2 nitrogen and oxygen atoms in total. The Labute approximate surface area is 76.0 Å². The number of ether oxygens (including phenoxy) is 1. The average molecular weight is 225 g/mol. The van der Waals surface area contributed by atoms with Gasteiger partial charge in [0.2, 0.25) is 0 Å². The zero-order valence-corrected chi connectivity index (χ0v) is 7.12. The molecule has 0 aliphatic heterocycles. The van der Waals surface area contributed by atoms with Crippen molar-refractivity contribution in [1.82, 2.24) is 0 Å². The smallest absolute Gasteiger partial charge is 0.372 e. The Bertz CT molecular complexity index is 176. The number of halogens is 6. The lowest BCUT2D eigenvalue weighted by Gasteiger charge is -2.23. The van der Waals surface area contributed by atoms with Gasteiger partial charge in [0.05, 0.1) is 0 Å². The fourth-order valence-corrected chi connectivity index (χ4v) is 0.728. The van der Waals surface area contributed by atoms with E-state index in [9.17, 15) is 26.3 Å². The van der Waals surface area contributed by atoms with Crippen molar-refractivity contribution >= 4 is 0 Å². The van der Waals surface area contributed by atoms with Gasteiger partial charge in [-0.3, -0.25) is 0 Å². The van der Waals surface area contributed by atoms with Crippen LogP contribution in [0.2, 0.25) is 0 Å². The van der Waals surface area contributed by atoms with E-state index in [1.165, 1.54) is 0 Å². The molecule has 0 fully saturated rings. The van der Waals surface area contributed by atoms with Crippen LogP contribution in [0.1, 0.15) is 6.42 Å². The molecule has 0 aromatic rings. The third-order valence-electron chi connectivity index (χ3n) is 1.54. The summed E-state index contributed by atoms with van der Waals surface area (Å²) in [6, 6.07) is -2.53. The van der Waals surface area contributed by atoms with Crippen LogP contribution in [0.4, 0.5) is 26.3 Å². The molecule has 14 heavy (non-hydrogen) atoms. The lowest BCUT2D eigenvalue weighted by Crippen LogP contribution is -2.44. The molecule has 0 rings (SSSR count). The molecule has 0 spiro atoms. The maximum atomic E-state index is 11.9. The number of nitrogens with two attached hydrogens (primary N) is 1. The van der Waals surface area contributed by atoms with Gasteiger partial charge in [0.15, 0.2) is 6.10 Å². The molecule has 0 bridgehead atoms. The van der Waals surface area contributed by atoms with Gasteiger partial charge in [-0.1, -0.05) is 0 Å². The second-order valence-electron chi connectivity index (χ2n) is 2.65. The molecule has 0 heterocycles. The highest BCUT2D eigenvalue weighted by Gasteiger charge is 2.46. The minimum Gasteiger partial charge on any atom is -0.372 e. The normalized spacial score (nSPS) is 18.0. The van der Waals surface area contributed by atoms with E-state index < -0.39 is 30.9 Å². The zero-order chi connectivity index (χ0) is 11.6. The summed E-state index contributed by atoms with van der Waals surface area (Å²) in [5.74, 6) is 0. The molecule has 0 aliphatic carbocycles. The maximum absolute atomic E-state index is 11.9. The summed E-state index contributed by atoms with van der Waals surface area (Å²) < 4.78 is 75.0. The number of rotatable bonds is 3. The summed E-state index contributed by atoms with van der Waals surface area (Å²) >= 11 is 0. The van der Waals surface area contributed by atoms with Crippen molar-refractivity contribution in [2.24, 2.45) is 5.73 Å². The molecule has 0 saturated heterocycles. The van der Waals surface area contributed by atoms with E-state index in [0.29, 0.717) is 7.11 Å². The molecule has 1 unspecified atom stereocenters. The molecule has 0 aromatic carbocycles. The van der Waals surface area contributed by atoms with Crippen LogP contribution >= 0.6 is 0 Å². The van der Waals surface area contributed by atoms with E-state index in [0.717, 1.165) is 0 Å². The Morgan fingerprint density at radius 1 is 1.07 bits per heavy atom.